The number of nitrogens with zero attached hydrogens (tertiary/aromatic N) is 1. The van der Waals surface area contributed by atoms with Gasteiger partial charge in [-0.25, -0.2) is 8.42 Å². The summed E-state index contributed by atoms with van der Waals surface area (Å²) in [7, 11) is -2.30. The van der Waals surface area contributed by atoms with Crippen LogP contribution in [-0.2, 0) is 16.6 Å². The number of anilines is 2. The van der Waals surface area contributed by atoms with E-state index >= 15 is 0 Å². The molecular formula is C20H21N3O3S. The van der Waals surface area contributed by atoms with E-state index < -0.39 is 10.0 Å². The molecule has 0 aliphatic rings. The Hall–Kier alpha value is -3.06. The van der Waals surface area contributed by atoms with Crippen molar-refractivity contribution in [2.75, 3.05) is 17.1 Å². The van der Waals surface area contributed by atoms with E-state index in [1.807, 2.05) is 31.2 Å². The fourth-order valence-corrected chi connectivity index (χ4v) is 3.88. The van der Waals surface area contributed by atoms with Crippen LogP contribution in [0.1, 0.15) is 11.1 Å². The first-order valence-electron chi connectivity index (χ1n) is 8.38. The van der Waals surface area contributed by atoms with Crippen LogP contribution < -0.4 is 14.8 Å². The lowest BCUT2D eigenvalue weighted by Gasteiger charge is -2.13. The quantitative estimate of drug-likeness (QED) is 0.648. The molecule has 0 amide bonds. The summed E-state index contributed by atoms with van der Waals surface area (Å²) in [6.45, 7) is 2.50. The molecule has 0 aliphatic heterocycles. The van der Waals surface area contributed by atoms with Crippen molar-refractivity contribution in [2.24, 2.45) is 0 Å². The normalized spacial score (nSPS) is 11.0. The van der Waals surface area contributed by atoms with Crippen molar-refractivity contribution in [3.63, 3.8) is 0 Å². The number of sulfonamides is 1. The van der Waals surface area contributed by atoms with Crippen LogP contribution >= 0.6 is 0 Å². The van der Waals surface area contributed by atoms with E-state index in [-0.39, 0.29) is 4.90 Å². The van der Waals surface area contributed by atoms with E-state index in [4.69, 9.17) is 4.74 Å². The average molecular weight is 383 g/mol. The fraction of sp³-hybridized carbons (Fsp3) is 0.150. The number of nitrogens with one attached hydrogen (secondary N) is 2. The Morgan fingerprint density at radius 3 is 2.30 bits per heavy atom. The highest BCUT2D eigenvalue weighted by atomic mass is 32.2. The molecule has 3 aromatic rings. The second-order valence-corrected chi connectivity index (χ2v) is 7.70. The topological polar surface area (TPSA) is 80.3 Å². The van der Waals surface area contributed by atoms with Gasteiger partial charge in [-0.1, -0.05) is 6.07 Å². The Kier molecular flexibility index (Phi) is 5.61. The number of aromatic nitrogens is 1. The van der Waals surface area contributed by atoms with Crippen LogP contribution in [-0.4, -0.2) is 20.5 Å². The van der Waals surface area contributed by atoms with Gasteiger partial charge in [-0.15, -0.1) is 0 Å². The van der Waals surface area contributed by atoms with Gasteiger partial charge in [0.05, 0.1) is 7.11 Å². The monoisotopic (exact) mass is 383 g/mol. The van der Waals surface area contributed by atoms with Crippen LogP contribution in [0.5, 0.6) is 5.75 Å². The third kappa shape index (κ3) is 4.77. The Labute approximate surface area is 159 Å². The Bertz CT molecular complexity index is 1000. The van der Waals surface area contributed by atoms with Gasteiger partial charge in [0.1, 0.15) is 10.6 Å². The number of benzene rings is 2. The SMILES string of the molecule is COc1ccc(C)cc1S(=O)(=O)Nc1ccc(NCc2ccncc2)cc1. The molecule has 0 saturated heterocycles. The number of methoxy groups -OCH3 is 1. The highest BCUT2D eigenvalue weighted by Crippen LogP contribution is 2.27. The molecule has 7 heteroatoms. The number of hydrogen-bond donors (Lipinski definition) is 2. The summed E-state index contributed by atoms with van der Waals surface area (Å²) in [6.07, 6.45) is 3.49. The minimum absolute atomic E-state index is 0.116. The highest BCUT2D eigenvalue weighted by molar-refractivity contribution is 7.92. The van der Waals surface area contributed by atoms with Gasteiger partial charge in [0.25, 0.3) is 10.0 Å². The van der Waals surface area contributed by atoms with Crippen molar-refractivity contribution >= 4 is 21.4 Å². The van der Waals surface area contributed by atoms with E-state index in [1.165, 1.54) is 7.11 Å². The van der Waals surface area contributed by atoms with Gasteiger partial charge in [0.2, 0.25) is 0 Å². The molecule has 0 bridgehead atoms. The molecular weight excluding hydrogens is 362 g/mol. The maximum absolute atomic E-state index is 12.7. The molecule has 140 valence electrons. The summed E-state index contributed by atoms with van der Waals surface area (Å²) < 4.78 is 33.2. The van der Waals surface area contributed by atoms with Gasteiger partial charge in [-0.2, -0.15) is 0 Å². The Morgan fingerprint density at radius 1 is 0.963 bits per heavy atom. The van der Waals surface area contributed by atoms with E-state index in [2.05, 4.69) is 15.0 Å². The first-order valence-corrected chi connectivity index (χ1v) is 9.86. The molecule has 0 spiro atoms. The number of hydrogen-bond acceptors (Lipinski definition) is 5. The molecule has 0 fully saturated rings. The van der Waals surface area contributed by atoms with Crippen LogP contribution in [0.2, 0.25) is 0 Å². The van der Waals surface area contributed by atoms with Crippen molar-refractivity contribution in [3.05, 3.63) is 78.1 Å². The van der Waals surface area contributed by atoms with Crippen molar-refractivity contribution in [1.82, 2.24) is 4.98 Å². The van der Waals surface area contributed by atoms with Gasteiger partial charge < -0.3 is 10.1 Å². The third-order valence-electron chi connectivity index (χ3n) is 3.99. The van der Waals surface area contributed by atoms with Crippen molar-refractivity contribution in [2.45, 2.75) is 18.4 Å². The summed E-state index contributed by atoms with van der Waals surface area (Å²) in [6, 6.07) is 16.0. The summed E-state index contributed by atoms with van der Waals surface area (Å²) in [5.41, 5.74) is 3.32. The third-order valence-corrected chi connectivity index (χ3v) is 5.39. The maximum atomic E-state index is 12.7. The maximum Gasteiger partial charge on any atom is 0.265 e. The lowest BCUT2D eigenvalue weighted by Crippen LogP contribution is -2.14. The molecule has 3 rings (SSSR count). The molecule has 27 heavy (non-hydrogen) atoms. The first kappa shape index (κ1) is 18.7. The molecule has 2 N–H and O–H groups in total. The Morgan fingerprint density at radius 2 is 1.63 bits per heavy atom. The number of aryl methyl sites for hydroxylation is 1. The Balaban J connectivity index is 1.71. The van der Waals surface area contributed by atoms with Gasteiger partial charge >= 0.3 is 0 Å². The first-order chi connectivity index (χ1) is 13.0. The van der Waals surface area contributed by atoms with E-state index in [9.17, 15) is 8.42 Å². The molecule has 0 aliphatic carbocycles. The molecule has 0 radical (unpaired) electrons. The van der Waals surface area contributed by atoms with Crippen LogP contribution in [0, 0.1) is 6.92 Å². The zero-order valence-corrected chi connectivity index (χ0v) is 16.0. The summed E-state index contributed by atoms with van der Waals surface area (Å²) in [4.78, 5) is 4.10. The fourth-order valence-electron chi connectivity index (χ4n) is 2.56. The second kappa shape index (κ2) is 8.09. The highest BCUT2D eigenvalue weighted by Gasteiger charge is 2.19. The van der Waals surface area contributed by atoms with E-state index in [1.54, 1.807) is 42.7 Å². The molecule has 1 aromatic heterocycles. The minimum atomic E-state index is -3.75. The number of rotatable bonds is 7. The number of ether oxygens (including phenoxy) is 1. The molecule has 6 nitrogen and oxygen atoms in total. The molecule has 0 atom stereocenters. The zero-order valence-electron chi connectivity index (χ0n) is 15.1. The summed E-state index contributed by atoms with van der Waals surface area (Å²) >= 11 is 0. The molecule has 0 saturated carbocycles. The van der Waals surface area contributed by atoms with Crippen molar-refractivity contribution in [1.29, 1.82) is 0 Å². The van der Waals surface area contributed by atoms with Crippen LogP contribution in [0.4, 0.5) is 11.4 Å². The predicted molar refractivity (Wildman–Crippen MR) is 107 cm³/mol. The average Bonchev–Trinajstić information content (AvgIpc) is 2.68. The zero-order chi connectivity index (χ0) is 19.3. The van der Waals surface area contributed by atoms with Gasteiger partial charge in [0.15, 0.2) is 0 Å². The summed E-state index contributed by atoms with van der Waals surface area (Å²) in [5, 5.41) is 3.28. The standard InChI is InChI=1S/C20H21N3O3S/c1-15-3-8-19(26-2)20(13-15)27(24,25)23-18-6-4-17(5-7-18)22-14-16-9-11-21-12-10-16/h3-13,22-23H,14H2,1-2H3. The van der Waals surface area contributed by atoms with E-state index in [0.29, 0.717) is 18.0 Å². The lowest BCUT2D eigenvalue weighted by molar-refractivity contribution is 0.402. The largest absolute Gasteiger partial charge is 0.495 e. The predicted octanol–water partition coefficient (Wildman–Crippen LogP) is 3.81. The summed E-state index contributed by atoms with van der Waals surface area (Å²) in [5.74, 6) is 0.309. The van der Waals surface area contributed by atoms with Crippen molar-refractivity contribution < 1.29 is 13.2 Å². The molecule has 2 aromatic carbocycles. The van der Waals surface area contributed by atoms with Crippen LogP contribution in [0.15, 0.2) is 71.9 Å². The molecule has 1 heterocycles. The van der Waals surface area contributed by atoms with Gasteiger partial charge in [-0.05, 0) is 66.6 Å². The molecule has 0 unspecified atom stereocenters. The number of pyridine rings is 1. The van der Waals surface area contributed by atoms with Crippen molar-refractivity contribution in [3.8, 4) is 5.75 Å². The lowest BCUT2D eigenvalue weighted by atomic mass is 10.2. The van der Waals surface area contributed by atoms with Crippen LogP contribution in [0.25, 0.3) is 0 Å². The van der Waals surface area contributed by atoms with Gasteiger partial charge in [0, 0.05) is 30.3 Å². The smallest absolute Gasteiger partial charge is 0.265 e. The second-order valence-electron chi connectivity index (χ2n) is 6.05. The van der Waals surface area contributed by atoms with Crippen LogP contribution in [0.3, 0.4) is 0 Å². The van der Waals surface area contributed by atoms with E-state index in [0.717, 1.165) is 16.8 Å². The van der Waals surface area contributed by atoms with Gasteiger partial charge in [-0.3, -0.25) is 9.71 Å². The minimum Gasteiger partial charge on any atom is -0.495 e.